The highest BCUT2D eigenvalue weighted by Crippen LogP contribution is 2.25. The van der Waals surface area contributed by atoms with Gasteiger partial charge in [-0.15, -0.1) is 0 Å². The molecule has 0 fully saturated rings. The number of methoxy groups -OCH3 is 1. The van der Waals surface area contributed by atoms with Crippen LogP contribution in [0.4, 0.5) is 0 Å². The van der Waals surface area contributed by atoms with Crippen LogP contribution in [0.3, 0.4) is 0 Å². The Morgan fingerprint density at radius 2 is 1.94 bits per heavy atom. The van der Waals surface area contributed by atoms with Crippen LogP contribution in [0.2, 0.25) is 0 Å². The van der Waals surface area contributed by atoms with E-state index in [-0.39, 0.29) is 23.6 Å². The molecule has 1 atom stereocenters. The molecule has 0 heterocycles. The number of carbonyl (C=O) groups excluding carboxylic acids is 2. The lowest BCUT2D eigenvalue weighted by molar-refractivity contribution is -0.139. The minimum atomic E-state index is -0.656. The number of benzene rings is 1. The predicted octanol–water partition coefficient (Wildman–Crippen LogP) is 0.804. The Morgan fingerprint density at radius 1 is 1.39 bits per heavy atom. The van der Waals surface area contributed by atoms with E-state index in [4.69, 9.17) is 0 Å². The highest BCUT2D eigenvalue weighted by Gasteiger charge is 2.19. The van der Waals surface area contributed by atoms with Crippen LogP contribution in [0.5, 0.6) is 11.5 Å². The molecule has 0 bridgehead atoms. The molecule has 0 aliphatic rings. The van der Waals surface area contributed by atoms with Crippen LogP contribution < -0.4 is 5.32 Å². The molecule has 6 nitrogen and oxygen atoms in total. The van der Waals surface area contributed by atoms with Gasteiger partial charge in [-0.2, -0.15) is 0 Å². The van der Waals surface area contributed by atoms with Crippen LogP contribution in [0, 0.1) is 0 Å². The van der Waals surface area contributed by atoms with E-state index in [0.29, 0.717) is 0 Å². The maximum atomic E-state index is 11.7. The number of alkyl halides is 1. The number of carbonyl (C=O) groups is 2. The molecule has 7 heteroatoms. The smallest absolute Gasteiger partial charge is 0.320 e. The molecule has 0 aliphatic carbocycles. The van der Waals surface area contributed by atoms with Crippen molar-refractivity contribution in [3.63, 3.8) is 0 Å². The zero-order valence-electron chi connectivity index (χ0n) is 9.51. The van der Waals surface area contributed by atoms with Gasteiger partial charge in [-0.1, -0.05) is 28.7 Å². The minimum Gasteiger partial charge on any atom is -0.507 e. The summed E-state index contributed by atoms with van der Waals surface area (Å²) in [5.41, 5.74) is -0.217. The van der Waals surface area contributed by atoms with E-state index in [1.807, 2.05) is 22.6 Å². The average molecular weight is 365 g/mol. The first-order valence-corrected chi connectivity index (χ1v) is 6.23. The van der Waals surface area contributed by atoms with Crippen LogP contribution in [0.1, 0.15) is 10.4 Å². The van der Waals surface area contributed by atoms with E-state index in [2.05, 4.69) is 10.1 Å². The van der Waals surface area contributed by atoms with E-state index in [1.54, 1.807) is 0 Å². The van der Waals surface area contributed by atoms with E-state index in [9.17, 15) is 19.8 Å². The Bertz CT molecular complexity index is 442. The molecular weight excluding hydrogens is 353 g/mol. The van der Waals surface area contributed by atoms with E-state index >= 15 is 0 Å². The molecular formula is C11H12INO5. The molecule has 1 rings (SSSR count). The number of phenolic OH excluding ortho intramolecular Hbond substituents is 2. The zero-order chi connectivity index (χ0) is 13.7. The Balaban J connectivity index is 2.69. The Hall–Kier alpha value is -1.51. The third kappa shape index (κ3) is 3.49. The van der Waals surface area contributed by atoms with E-state index < -0.39 is 15.8 Å². The second-order valence-electron chi connectivity index (χ2n) is 3.37. The number of ether oxygens (including phenoxy) is 1. The van der Waals surface area contributed by atoms with Gasteiger partial charge < -0.3 is 20.3 Å². The number of esters is 1. The lowest BCUT2D eigenvalue weighted by Crippen LogP contribution is -2.33. The summed E-state index contributed by atoms with van der Waals surface area (Å²) in [5.74, 6) is -1.76. The van der Waals surface area contributed by atoms with Crippen molar-refractivity contribution in [3.8, 4) is 11.5 Å². The molecule has 0 aromatic heterocycles. The minimum absolute atomic E-state index is 0.0415. The summed E-state index contributed by atoms with van der Waals surface area (Å²) in [6.07, 6.45) is 0. The number of amides is 1. The first kappa shape index (κ1) is 14.6. The monoisotopic (exact) mass is 365 g/mol. The SMILES string of the molecule is COC(=O)C(I)CNC(=O)c1c(O)cccc1O. The fourth-order valence-electron chi connectivity index (χ4n) is 1.24. The molecule has 0 saturated carbocycles. The van der Waals surface area contributed by atoms with E-state index in [0.717, 1.165) is 0 Å². The zero-order valence-corrected chi connectivity index (χ0v) is 11.7. The standard InChI is InChI=1S/C11H12INO5/c1-18-11(17)6(12)5-13-10(16)9-7(14)3-2-4-8(9)15/h2-4,6,14-15H,5H2,1H3,(H,13,16). The van der Waals surface area contributed by atoms with Crippen molar-refractivity contribution in [2.45, 2.75) is 3.92 Å². The number of phenols is 2. The highest BCUT2D eigenvalue weighted by molar-refractivity contribution is 14.1. The van der Waals surface area contributed by atoms with Gasteiger partial charge in [-0.05, 0) is 12.1 Å². The molecule has 18 heavy (non-hydrogen) atoms. The van der Waals surface area contributed by atoms with Crippen molar-refractivity contribution in [2.24, 2.45) is 0 Å². The van der Waals surface area contributed by atoms with Gasteiger partial charge in [0, 0.05) is 6.54 Å². The predicted molar refractivity (Wildman–Crippen MR) is 71.9 cm³/mol. The van der Waals surface area contributed by atoms with E-state index in [1.165, 1.54) is 25.3 Å². The summed E-state index contributed by atoms with van der Waals surface area (Å²) in [6, 6.07) is 3.99. The number of aromatic hydroxyl groups is 2. The highest BCUT2D eigenvalue weighted by atomic mass is 127. The van der Waals surface area contributed by atoms with Crippen molar-refractivity contribution in [3.05, 3.63) is 23.8 Å². The molecule has 1 aromatic carbocycles. The van der Waals surface area contributed by atoms with Gasteiger partial charge in [0.15, 0.2) is 0 Å². The molecule has 98 valence electrons. The van der Waals surface area contributed by atoms with Gasteiger partial charge in [0.05, 0.1) is 7.11 Å². The Kier molecular flexibility index (Phi) is 5.20. The van der Waals surface area contributed by atoms with Crippen LogP contribution in [0.25, 0.3) is 0 Å². The first-order valence-electron chi connectivity index (χ1n) is 4.98. The van der Waals surface area contributed by atoms with Gasteiger partial charge in [-0.25, -0.2) is 0 Å². The normalized spacial score (nSPS) is 11.7. The van der Waals surface area contributed by atoms with Crippen LogP contribution >= 0.6 is 22.6 Å². The number of halogens is 1. The Labute approximate surface area is 117 Å². The lowest BCUT2D eigenvalue weighted by Gasteiger charge is -2.10. The van der Waals surface area contributed by atoms with Crippen molar-refractivity contribution < 1.29 is 24.5 Å². The Morgan fingerprint density at radius 3 is 2.44 bits per heavy atom. The van der Waals surface area contributed by atoms with Gasteiger partial charge >= 0.3 is 5.97 Å². The number of hydrogen-bond acceptors (Lipinski definition) is 5. The summed E-state index contributed by atoms with van der Waals surface area (Å²) in [5, 5.41) is 21.4. The van der Waals surface area contributed by atoms with Gasteiger partial charge in [0.25, 0.3) is 5.91 Å². The second-order valence-corrected chi connectivity index (χ2v) is 4.88. The molecule has 1 amide bonds. The van der Waals surface area contributed by atoms with Crippen molar-refractivity contribution in [2.75, 3.05) is 13.7 Å². The average Bonchev–Trinajstić information content (AvgIpc) is 2.34. The maximum Gasteiger partial charge on any atom is 0.320 e. The summed E-state index contributed by atoms with van der Waals surface area (Å²) in [4.78, 5) is 22.8. The lowest BCUT2D eigenvalue weighted by atomic mass is 10.1. The fraction of sp³-hybridized carbons (Fsp3) is 0.273. The van der Waals surface area contributed by atoms with Crippen LogP contribution in [0.15, 0.2) is 18.2 Å². The molecule has 0 radical (unpaired) electrons. The molecule has 0 spiro atoms. The van der Waals surface area contributed by atoms with Gasteiger partial charge in [0.2, 0.25) is 0 Å². The summed E-state index contributed by atoms with van der Waals surface area (Å²) in [7, 11) is 1.25. The van der Waals surface area contributed by atoms with Crippen molar-refractivity contribution >= 4 is 34.5 Å². The molecule has 0 aliphatic heterocycles. The number of rotatable bonds is 4. The van der Waals surface area contributed by atoms with Gasteiger partial charge in [0.1, 0.15) is 21.0 Å². The quantitative estimate of drug-likeness (QED) is 0.417. The first-order chi connectivity index (χ1) is 8.47. The third-order valence-corrected chi connectivity index (χ3v) is 3.10. The van der Waals surface area contributed by atoms with Crippen molar-refractivity contribution in [1.29, 1.82) is 0 Å². The molecule has 1 unspecified atom stereocenters. The largest absolute Gasteiger partial charge is 0.507 e. The summed E-state index contributed by atoms with van der Waals surface area (Å²) in [6.45, 7) is 0.0415. The number of nitrogens with one attached hydrogen (secondary N) is 1. The third-order valence-electron chi connectivity index (χ3n) is 2.15. The van der Waals surface area contributed by atoms with Gasteiger partial charge in [-0.3, -0.25) is 9.59 Å². The topological polar surface area (TPSA) is 95.9 Å². The molecule has 0 saturated heterocycles. The summed E-state index contributed by atoms with van der Waals surface area (Å²) >= 11 is 1.82. The number of hydrogen-bond donors (Lipinski definition) is 3. The maximum absolute atomic E-state index is 11.7. The second kappa shape index (κ2) is 6.43. The molecule has 3 N–H and O–H groups in total. The fourth-order valence-corrected chi connectivity index (χ4v) is 1.72. The van der Waals surface area contributed by atoms with Crippen molar-refractivity contribution in [1.82, 2.24) is 5.32 Å². The van der Waals surface area contributed by atoms with Crippen LogP contribution in [-0.4, -0.2) is 39.7 Å². The molecule has 1 aromatic rings. The summed E-state index contributed by atoms with van der Waals surface area (Å²) < 4.78 is 3.96. The van der Waals surface area contributed by atoms with Crippen LogP contribution in [-0.2, 0) is 9.53 Å².